The van der Waals surface area contributed by atoms with Gasteiger partial charge in [-0.05, 0) is 71.7 Å². The smallest absolute Gasteiger partial charge is 0.185 e. The van der Waals surface area contributed by atoms with Crippen LogP contribution in [-0.4, -0.2) is 16.0 Å². The maximum absolute atomic E-state index is 13.1. The summed E-state index contributed by atoms with van der Waals surface area (Å²) in [5, 5.41) is 18.9. The molecule has 1 saturated carbocycles. The van der Waals surface area contributed by atoms with E-state index in [1.807, 2.05) is 36.4 Å². The summed E-state index contributed by atoms with van der Waals surface area (Å²) in [7, 11) is 0. The van der Waals surface area contributed by atoms with Crippen molar-refractivity contribution in [3.05, 3.63) is 70.8 Å². The predicted molar refractivity (Wildman–Crippen MR) is 109 cm³/mol. The number of phenolic OH excluding ortho intramolecular Hbond substituents is 2. The van der Waals surface area contributed by atoms with Gasteiger partial charge in [-0.1, -0.05) is 45.0 Å². The zero-order chi connectivity index (χ0) is 19.6. The molecular weight excluding hydrogens is 336 g/mol. The van der Waals surface area contributed by atoms with Gasteiger partial charge in [0.05, 0.1) is 0 Å². The van der Waals surface area contributed by atoms with Gasteiger partial charge in [-0.3, -0.25) is 4.79 Å². The summed E-state index contributed by atoms with van der Waals surface area (Å²) >= 11 is 0. The molecule has 140 valence electrons. The molecule has 3 rings (SSSR count). The Kier molecular flexibility index (Phi) is 5.22. The highest BCUT2D eigenvalue weighted by molar-refractivity contribution is 6.14. The SMILES string of the molecule is CC(C)(C)C1CC(=Cc2ccc(O)cc2)C(=O)C(=Cc2ccc(O)cc2)C1. The van der Waals surface area contributed by atoms with Gasteiger partial charge in [-0.2, -0.15) is 0 Å². The Balaban J connectivity index is 1.99. The van der Waals surface area contributed by atoms with Crippen LogP contribution in [0.25, 0.3) is 12.2 Å². The second-order valence-electron chi connectivity index (χ2n) is 8.32. The predicted octanol–water partition coefficient (Wildman–Crippen LogP) is 5.59. The number of benzene rings is 2. The third-order valence-corrected chi connectivity index (χ3v) is 5.21. The molecule has 2 N–H and O–H groups in total. The number of hydrogen-bond donors (Lipinski definition) is 2. The minimum Gasteiger partial charge on any atom is -0.508 e. The summed E-state index contributed by atoms with van der Waals surface area (Å²) in [6.45, 7) is 6.64. The molecule has 0 bridgehead atoms. The number of rotatable bonds is 2. The van der Waals surface area contributed by atoms with Crippen molar-refractivity contribution in [3.8, 4) is 11.5 Å². The largest absolute Gasteiger partial charge is 0.508 e. The minimum atomic E-state index is 0.0802. The van der Waals surface area contributed by atoms with Crippen molar-refractivity contribution in [2.24, 2.45) is 11.3 Å². The number of hydrogen-bond acceptors (Lipinski definition) is 3. The summed E-state index contributed by atoms with van der Waals surface area (Å²) < 4.78 is 0. The molecule has 0 saturated heterocycles. The van der Waals surface area contributed by atoms with Crippen LogP contribution in [0.1, 0.15) is 44.7 Å². The zero-order valence-corrected chi connectivity index (χ0v) is 16.1. The van der Waals surface area contributed by atoms with Crippen LogP contribution in [0.3, 0.4) is 0 Å². The monoisotopic (exact) mass is 362 g/mol. The molecule has 2 aromatic rings. The fraction of sp³-hybridized carbons (Fsp3) is 0.292. The molecule has 0 heterocycles. The molecule has 1 aliphatic rings. The van der Waals surface area contributed by atoms with E-state index in [1.165, 1.54) is 0 Å². The highest BCUT2D eigenvalue weighted by Gasteiger charge is 2.34. The Labute approximate surface area is 160 Å². The van der Waals surface area contributed by atoms with Gasteiger partial charge in [0, 0.05) is 11.1 Å². The first kappa shape index (κ1) is 19.0. The van der Waals surface area contributed by atoms with Gasteiger partial charge in [0.2, 0.25) is 0 Å². The Hall–Kier alpha value is -2.81. The number of aromatic hydroxyl groups is 2. The number of carbonyl (C=O) groups is 1. The van der Waals surface area contributed by atoms with Crippen LogP contribution in [0, 0.1) is 11.3 Å². The van der Waals surface area contributed by atoms with Crippen molar-refractivity contribution in [1.82, 2.24) is 0 Å². The summed E-state index contributed by atoms with van der Waals surface area (Å²) in [5.74, 6) is 0.874. The van der Waals surface area contributed by atoms with Crippen molar-refractivity contribution >= 4 is 17.9 Å². The van der Waals surface area contributed by atoms with E-state index in [0.717, 1.165) is 35.1 Å². The van der Waals surface area contributed by atoms with Crippen LogP contribution in [0.2, 0.25) is 0 Å². The summed E-state index contributed by atoms with van der Waals surface area (Å²) in [5.41, 5.74) is 3.51. The standard InChI is InChI=1S/C24H26O3/c1-24(2,3)20-14-18(12-16-4-8-21(25)9-5-16)23(27)19(15-20)13-17-6-10-22(26)11-7-17/h4-13,20,25-26H,14-15H2,1-3H3. The molecule has 0 aliphatic heterocycles. The lowest BCUT2D eigenvalue weighted by molar-refractivity contribution is -0.113. The molecule has 2 aromatic carbocycles. The number of phenols is 2. The molecule has 0 unspecified atom stereocenters. The normalized spacial score (nSPS) is 21.0. The number of ketones is 1. The molecule has 1 aliphatic carbocycles. The first-order valence-corrected chi connectivity index (χ1v) is 9.26. The van der Waals surface area contributed by atoms with Gasteiger partial charge >= 0.3 is 0 Å². The van der Waals surface area contributed by atoms with E-state index in [0.29, 0.717) is 5.92 Å². The Morgan fingerprint density at radius 2 is 1.15 bits per heavy atom. The summed E-state index contributed by atoms with van der Waals surface area (Å²) in [6, 6.07) is 13.8. The van der Waals surface area contributed by atoms with Crippen LogP contribution in [0.4, 0.5) is 0 Å². The van der Waals surface area contributed by atoms with E-state index in [2.05, 4.69) is 20.8 Å². The van der Waals surface area contributed by atoms with Crippen molar-refractivity contribution in [3.63, 3.8) is 0 Å². The van der Waals surface area contributed by atoms with Gasteiger partial charge in [-0.15, -0.1) is 0 Å². The molecule has 0 atom stereocenters. The van der Waals surface area contributed by atoms with Crippen molar-refractivity contribution < 1.29 is 15.0 Å². The first-order valence-electron chi connectivity index (χ1n) is 9.26. The van der Waals surface area contributed by atoms with Gasteiger partial charge < -0.3 is 10.2 Å². The lowest BCUT2D eigenvalue weighted by Crippen LogP contribution is -2.29. The maximum Gasteiger partial charge on any atom is 0.185 e. The quantitative estimate of drug-likeness (QED) is 0.685. The fourth-order valence-corrected chi connectivity index (χ4v) is 3.40. The van der Waals surface area contributed by atoms with Crippen molar-refractivity contribution in [1.29, 1.82) is 0 Å². The van der Waals surface area contributed by atoms with E-state index < -0.39 is 0 Å². The first-order chi connectivity index (χ1) is 12.7. The molecule has 0 aromatic heterocycles. The van der Waals surface area contributed by atoms with Crippen LogP contribution in [0.15, 0.2) is 59.7 Å². The van der Waals surface area contributed by atoms with Gasteiger partial charge in [0.1, 0.15) is 11.5 Å². The van der Waals surface area contributed by atoms with Gasteiger partial charge in [0.25, 0.3) is 0 Å². The molecule has 0 radical (unpaired) electrons. The number of allylic oxidation sites excluding steroid dienone is 2. The van der Waals surface area contributed by atoms with E-state index >= 15 is 0 Å². The molecule has 1 fully saturated rings. The maximum atomic E-state index is 13.1. The average Bonchev–Trinajstić information content (AvgIpc) is 2.61. The molecule has 0 spiro atoms. The number of Topliss-reactive ketones (excluding diaryl/α,β-unsaturated/α-hetero) is 1. The highest BCUT2D eigenvalue weighted by atomic mass is 16.3. The van der Waals surface area contributed by atoms with Crippen LogP contribution in [-0.2, 0) is 4.79 Å². The van der Waals surface area contributed by atoms with E-state index in [9.17, 15) is 15.0 Å². The van der Waals surface area contributed by atoms with E-state index in [4.69, 9.17) is 0 Å². The third kappa shape index (κ3) is 4.68. The van der Waals surface area contributed by atoms with Gasteiger partial charge in [0.15, 0.2) is 5.78 Å². The van der Waals surface area contributed by atoms with Crippen LogP contribution < -0.4 is 0 Å². The Morgan fingerprint density at radius 1 is 0.778 bits per heavy atom. The zero-order valence-electron chi connectivity index (χ0n) is 16.1. The van der Waals surface area contributed by atoms with Gasteiger partial charge in [-0.25, -0.2) is 0 Å². The third-order valence-electron chi connectivity index (χ3n) is 5.21. The minimum absolute atomic E-state index is 0.0802. The van der Waals surface area contributed by atoms with Crippen molar-refractivity contribution in [2.75, 3.05) is 0 Å². The fourth-order valence-electron chi connectivity index (χ4n) is 3.40. The topological polar surface area (TPSA) is 57.5 Å². The van der Waals surface area contributed by atoms with E-state index in [-0.39, 0.29) is 22.7 Å². The summed E-state index contributed by atoms with van der Waals surface area (Å²) in [6.07, 6.45) is 5.36. The second kappa shape index (κ2) is 7.43. The second-order valence-corrected chi connectivity index (χ2v) is 8.32. The Bertz CT molecular complexity index is 811. The van der Waals surface area contributed by atoms with Crippen molar-refractivity contribution in [2.45, 2.75) is 33.6 Å². The number of carbonyl (C=O) groups excluding carboxylic acids is 1. The molecular formula is C24H26O3. The van der Waals surface area contributed by atoms with Crippen LogP contribution >= 0.6 is 0 Å². The highest BCUT2D eigenvalue weighted by Crippen LogP contribution is 2.42. The lowest BCUT2D eigenvalue weighted by Gasteiger charge is -2.35. The van der Waals surface area contributed by atoms with Crippen LogP contribution in [0.5, 0.6) is 11.5 Å². The molecule has 3 heteroatoms. The Morgan fingerprint density at radius 3 is 1.48 bits per heavy atom. The summed E-state index contributed by atoms with van der Waals surface area (Å²) in [4.78, 5) is 13.1. The van der Waals surface area contributed by atoms with E-state index in [1.54, 1.807) is 24.3 Å². The molecule has 27 heavy (non-hydrogen) atoms. The average molecular weight is 362 g/mol. The molecule has 3 nitrogen and oxygen atoms in total. The molecule has 0 amide bonds. The lowest BCUT2D eigenvalue weighted by atomic mass is 9.68.